The van der Waals surface area contributed by atoms with Crippen LogP contribution in [0.3, 0.4) is 0 Å². The van der Waals surface area contributed by atoms with Gasteiger partial charge in [0.1, 0.15) is 5.75 Å². The highest BCUT2D eigenvalue weighted by Crippen LogP contribution is 2.33. The van der Waals surface area contributed by atoms with E-state index in [1.165, 1.54) is 11.1 Å². The summed E-state index contributed by atoms with van der Waals surface area (Å²) in [5.74, 6) is 0.766. The summed E-state index contributed by atoms with van der Waals surface area (Å²) in [6.45, 7) is 6.30. The second-order valence-electron chi connectivity index (χ2n) is 5.26. The molecule has 0 heterocycles. The Hall–Kier alpha value is -1.67. The van der Waals surface area contributed by atoms with Crippen LogP contribution in [0.15, 0.2) is 36.4 Å². The first-order chi connectivity index (χ1) is 10.0. The highest BCUT2D eigenvalue weighted by atomic mass is 35.5. The lowest BCUT2D eigenvalue weighted by Gasteiger charge is -2.19. The van der Waals surface area contributed by atoms with Gasteiger partial charge in [-0.1, -0.05) is 42.8 Å². The molecule has 2 aromatic rings. The molecule has 21 heavy (non-hydrogen) atoms. The van der Waals surface area contributed by atoms with E-state index in [4.69, 9.17) is 16.3 Å². The van der Waals surface area contributed by atoms with Crippen LogP contribution in [-0.4, -0.2) is 7.11 Å². The number of ether oxygens (including phenoxy) is 1. The third-order valence-electron chi connectivity index (χ3n) is 3.74. The zero-order valence-electron chi connectivity index (χ0n) is 13.0. The van der Waals surface area contributed by atoms with Crippen molar-refractivity contribution in [3.05, 3.63) is 58.1 Å². The first kappa shape index (κ1) is 15.7. The van der Waals surface area contributed by atoms with Gasteiger partial charge >= 0.3 is 0 Å². The first-order valence-corrected chi connectivity index (χ1v) is 7.62. The maximum absolute atomic E-state index is 6.14. The molecule has 3 heteroatoms. The summed E-state index contributed by atoms with van der Waals surface area (Å²) in [5, 5.41) is 4.22. The minimum Gasteiger partial charge on any atom is -0.495 e. The van der Waals surface area contributed by atoms with Crippen molar-refractivity contribution in [1.29, 1.82) is 0 Å². The molecule has 0 fully saturated rings. The monoisotopic (exact) mass is 303 g/mol. The Morgan fingerprint density at radius 2 is 1.86 bits per heavy atom. The highest BCUT2D eigenvalue weighted by Gasteiger charge is 2.11. The van der Waals surface area contributed by atoms with Crippen molar-refractivity contribution in [2.45, 2.75) is 33.2 Å². The van der Waals surface area contributed by atoms with Crippen molar-refractivity contribution in [3.63, 3.8) is 0 Å². The molecule has 0 amide bonds. The molecule has 0 spiro atoms. The molecule has 1 unspecified atom stereocenters. The number of aryl methyl sites for hydroxylation is 2. The molecule has 0 radical (unpaired) electrons. The Morgan fingerprint density at radius 3 is 2.43 bits per heavy atom. The number of anilines is 1. The zero-order valence-corrected chi connectivity index (χ0v) is 13.8. The SMILES string of the molecule is CCc1ccc(C(C)Nc2cc(C)c(Cl)cc2OC)cc1. The molecule has 0 bridgehead atoms. The van der Waals surface area contributed by atoms with Gasteiger partial charge in [0.25, 0.3) is 0 Å². The van der Waals surface area contributed by atoms with Crippen molar-refractivity contribution in [1.82, 2.24) is 0 Å². The van der Waals surface area contributed by atoms with E-state index in [0.717, 1.165) is 28.4 Å². The van der Waals surface area contributed by atoms with E-state index in [1.807, 2.05) is 19.1 Å². The second-order valence-corrected chi connectivity index (χ2v) is 5.67. The summed E-state index contributed by atoms with van der Waals surface area (Å²) >= 11 is 6.14. The topological polar surface area (TPSA) is 21.3 Å². The number of methoxy groups -OCH3 is 1. The summed E-state index contributed by atoms with van der Waals surface area (Å²) in [6, 6.07) is 12.8. The molecule has 2 aromatic carbocycles. The molecule has 1 atom stereocenters. The largest absolute Gasteiger partial charge is 0.495 e. The van der Waals surface area contributed by atoms with E-state index in [2.05, 4.69) is 43.4 Å². The maximum Gasteiger partial charge on any atom is 0.143 e. The summed E-state index contributed by atoms with van der Waals surface area (Å²) < 4.78 is 5.41. The average molecular weight is 304 g/mol. The molecule has 0 aliphatic rings. The predicted octanol–water partition coefficient (Wildman–Crippen LogP) is 5.39. The van der Waals surface area contributed by atoms with E-state index in [-0.39, 0.29) is 6.04 Å². The van der Waals surface area contributed by atoms with Gasteiger partial charge in [0.15, 0.2) is 0 Å². The summed E-state index contributed by atoms with van der Waals surface area (Å²) in [6.07, 6.45) is 1.06. The van der Waals surface area contributed by atoms with Gasteiger partial charge in [-0.25, -0.2) is 0 Å². The maximum atomic E-state index is 6.14. The van der Waals surface area contributed by atoms with Crippen LogP contribution < -0.4 is 10.1 Å². The number of nitrogens with one attached hydrogen (secondary N) is 1. The van der Waals surface area contributed by atoms with Crippen molar-refractivity contribution >= 4 is 17.3 Å². The normalized spacial score (nSPS) is 12.0. The minimum atomic E-state index is 0.199. The lowest BCUT2D eigenvalue weighted by atomic mass is 10.0. The molecule has 2 nitrogen and oxygen atoms in total. The Bertz CT molecular complexity index is 607. The highest BCUT2D eigenvalue weighted by molar-refractivity contribution is 6.31. The van der Waals surface area contributed by atoms with E-state index < -0.39 is 0 Å². The molecule has 0 aliphatic carbocycles. The van der Waals surface area contributed by atoms with Crippen LogP contribution in [0.2, 0.25) is 5.02 Å². The number of rotatable bonds is 5. The number of hydrogen-bond acceptors (Lipinski definition) is 2. The summed E-state index contributed by atoms with van der Waals surface area (Å²) in [4.78, 5) is 0. The van der Waals surface area contributed by atoms with Gasteiger partial charge in [-0.05, 0) is 43.0 Å². The number of hydrogen-bond donors (Lipinski definition) is 1. The van der Waals surface area contributed by atoms with Gasteiger partial charge in [-0.15, -0.1) is 0 Å². The van der Waals surface area contributed by atoms with Crippen LogP contribution in [0.5, 0.6) is 5.75 Å². The second kappa shape index (κ2) is 6.86. The quantitative estimate of drug-likeness (QED) is 0.799. The minimum absolute atomic E-state index is 0.199. The molecule has 0 aromatic heterocycles. The van der Waals surface area contributed by atoms with Crippen molar-refractivity contribution < 1.29 is 4.74 Å². The average Bonchev–Trinajstić information content (AvgIpc) is 2.50. The van der Waals surface area contributed by atoms with Gasteiger partial charge in [-0.2, -0.15) is 0 Å². The third kappa shape index (κ3) is 3.70. The molecule has 0 aliphatic heterocycles. The van der Waals surface area contributed by atoms with E-state index >= 15 is 0 Å². The van der Waals surface area contributed by atoms with Crippen molar-refractivity contribution in [3.8, 4) is 5.75 Å². The fraction of sp³-hybridized carbons (Fsp3) is 0.333. The molecule has 0 saturated heterocycles. The van der Waals surface area contributed by atoms with Crippen LogP contribution in [0.4, 0.5) is 5.69 Å². The van der Waals surface area contributed by atoms with Crippen molar-refractivity contribution in [2.24, 2.45) is 0 Å². The first-order valence-electron chi connectivity index (χ1n) is 7.24. The van der Waals surface area contributed by atoms with Crippen LogP contribution in [0.1, 0.15) is 36.6 Å². The van der Waals surface area contributed by atoms with Crippen LogP contribution in [0.25, 0.3) is 0 Å². The smallest absolute Gasteiger partial charge is 0.143 e. The van der Waals surface area contributed by atoms with Gasteiger partial charge in [0.2, 0.25) is 0 Å². The van der Waals surface area contributed by atoms with Crippen LogP contribution >= 0.6 is 11.6 Å². The van der Waals surface area contributed by atoms with Gasteiger partial charge < -0.3 is 10.1 Å². The summed E-state index contributed by atoms with van der Waals surface area (Å²) in [7, 11) is 1.66. The lowest BCUT2D eigenvalue weighted by Crippen LogP contribution is -2.08. The van der Waals surface area contributed by atoms with E-state index in [9.17, 15) is 0 Å². The Morgan fingerprint density at radius 1 is 1.19 bits per heavy atom. The van der Waals surface area contributed by atoms with E-state index in [1.54, 1.807) is 7.11 Å². The molecule has 1 N–H and O–H groups in total. The van der Waals surface area contributed by atoms with Crippen molar-refractivity contribution in [2.75, 3.05) is 12.4 Å². The summed E-state index contributed by atoms with van der Waals surface area (Å²) in [5.41, 5.74) is 4.60. The fourth-order valence-electron chi connectivity index (χ4n) is 2.30. The molecule has 112 valence electrons. The molecule has 0 saturated carbocycles. The Kier molecular flexibility index (Phi) is 5.13. The van der Waals surface area contributed by atoms with Crippen LogP contribution in [0, 0.1) is 6.92 Å². The molecule has 2 rings (SSSR count). The molecular weight excluding hydrogens is 282 g/mol. The van der Waals surface area contributed by atoms with Gasteiger partial charge in [0.05, 0.1) is 12.8 Å². The predicted molar refractivity (Wildman–Crippen MR) is 90.6 cm³/mol. The lowest BCUT2D eigenvalue weighted by molar-refractivity contribution is 0.416. The number of benzene rings is 2. The molecular formula is C18H22ClNO. The van der Waals surface area contributed by atoms with Crippen LogP contribution in [-0.2, 0) is 6.42 Å². The Balaban J connectivity index is 2.22. The fourth-order valence-corrected chi connectivity index (χ4v) is 2.46. The van der Waals surface area contributed by atoms with E-state index in [0.29, 0.717) is 0 Å². The number of halogens is 1. The van der Waals surface area contributed by atoms with Gasteiger partial charge in [0, 0.05) is 17.1 Å². The zero-order chi connectivity index (χ0) is 15.4. The standard InChI is InChI=1S/C18H22ClNO/c1-5-14-6-8-15(9-7-14)13(3)20-17-10-12(2)16(19)11-18(17)21-4/h6-11,13,20H,5H2,1-4H3. The van der Waals surface area contributed by atoms with Gasteiger partial charge in [-0.3, -0.25) is 0 Å². The Labute approximate surface area is 132 Å². The third-order valence-corrected chi connectivity index (χ3v) is 4.15.